The Labute approximate surface area is 185 Å². The number of benzene rings is 2. The predicted octanol–water partition coefficient (Wildman–Crippen LogP) is 3.43. The van der Waals surface area contributed by atoms with E-state index < -0.39 is 10.0 Å². The Bertz CT molecular complexity index is 1070. The van der Waals surface area contributed by atoms with Crippen LogP contribution in [0.2, 0.25) is 0 Å². The Morgan fingerprint density at radius 1 is 1.06 bits per heavy atom. The highest BCUT2D eigenvalue weighted by molar-refractivity contribution is 7.89. The van der Waals surface area contributed by atoms with Crippen LogP contribution in [0.3, 0.4) is 0 Å². The number of rotatable bonds is 8. The second-order valence-electron chi connectivity index (χ2n) is 7.51. The highest BCUT2D eigenvalue weighted by Crippen LogP contribution is 2.25. The van der Waals surface area contributed by atoms with Crippen LogP contribution in [0.5, 0.6) is 5.88 Å². The van der Waals surface area contributed by atoms with E-state index in [0.29, 0.717) is 12.3 Å². The van der Waals surface area contributed by atoms with E-state index in [2.05, 4.69) is 36.1 Å². The summed E-state index contributed by atoms with van der Waals surface area (Å²) in [6, 6.07) is 16.2. The maximum Gasteiger partial charge on any atom is 0.238 e. The Hall–Kier alpha value is -2.68. The largest absolute Gasteiger partial charge is 0.476 e. The van der Waals surface area contributed by atoms with Crippen molar-refractivity contribution in [3.63, 3.8) is 0 Å². The Morgan fingerprint density at radius 2 is 1.74 bits per heavy atom. The van der Waals surface area contributed by atoms with E-state index >= 15 is 0 Å². The average Bonchev–Trinajstić information content (AvgIpc) is 2.72. The molecule has 2 aromatic carbocycles. The van der Waals surface area contributed by atoms with Gasteiger partial charge in [-0.2, -0.15) is 0 Å². The number of anilines is 1. The SMILES string of the molecule is CCCCc1cc2ccccc2c(OCCN(C)C)n1.Nc1ccc(S(N)(=O)=O)cc1. The van der Waals surface area contributed by atoms with Crippen molar-refractivity contribution in [2.45, 2.75) is 31.1 Å². The minimum atomic E-state index is -3.58. The number of hydrogen-bond donors (Lipinski definition) is 2. The predicted molar refractivity (Wildman–Crippen MR) is 127 cm³/mol. The fourth-order valence-corrected chi connectivity index (χ4v) is 3.31. The minimum Gasteiger partial charge on any atom is -0.476 e. The monoisotopic (exact) mass is 444 g/mol. The maximum atomic E-state index is 10.7. The lowest BCUT2D eigenvalue weighted by Gasteiger charge is -2.13. The lowest BCUT2D eigenvalue weighted by atomic mass is 10.1. The highest BCUT2D eigenvalue weighted by Gasteiger charge is 2.07. The van der Waals surface area contributed by atoms with Crippen molar-refractivity contribution >= 4 is 26.5 Å². The van der Waals surface area contributed by atoms with E-state index in [-0.39, 0.29) is 4.90 Å². The van der Waals surface area contributed by atoms with Gasteiger partial charge < -0.3 is 15.4 Å². The zero-order valence-corrected chi connectivity index (χ0v) is 19.2. The van der Waals surface area contributed by atoms with Crippen LogP contribution in [-0.2, 0) is 16.4 Å². The number of aromatic nitrogens is 1. The van der Waals surface area contributed by atoms with Gasteiger partial charge in [-0.15, -0.1) is 0 Å². The number of unbranched alkanes of at least 4 members (excludes halogenated alkanes) is 1. The van der Waals surface area contributed by atoms with Gasteiger partial charge in [0.25, 0.3) is 0 Å². The first-order chi connectivity index (χ1) is 14.7. The van der Waals surface area contributed by atoms with Crippen LogP contribution in [-0.4, -0.2) is 45.5 Å². The summed E-state index contributed by atoms with van der Waals surface area (Å²) >= 11 is 0. The topological polar surface area (TPSA) is 112 Å². The van der Waals surface area contributed by atoms with Crippen LogP contribution in [0.1, 0.15) is 25.5 Å². The van der Waals surface area contributed by atoms with Crippen LogP contribution in [0.4, 0.5) is 5.69 Å². The molecule has 0 aliphatic rings. The molecule has 4 N–H and O–H groups in total. The van der Waals surface area contributed by atoms with Gasteiger partial charge in [0.2, 0.25) is 15.9 Å². The minimum absolute atomic E-state index is 0.0756. The van der Waals surface area contributed by atoms with Crippen molar-refractivity contribution in [1.29, 1.82) is 0 Å². The molecule has 0 aliphatic carbocycles. The molecule has 0 fully saturated rings. The van der Waals surface area contributed by atoms with E-state index in [1.165, 1.54) is 42.5 Å². The number of primary sulfonamides is 1. The van der Waals surface area contributed by atoms with Crippen LogP contribution in [0, 0.1) is 0 Å². The molecule has 0 radical (unpaired) electrons. The molecule has 0 aliphatic heterocycles. The van der Waals surface area contributed by atoms with E-state index in [4.69, 9.17) is 20.6 Å². The molecule has 0 saturated carbocycles. The summed E-state index contributed by atoms with van der Waals surface area (Å²) in [6.07, 6.45) is 3.37. The fourth-order valence-electron chi connectivity index (χ4n) is 2.80. The summed E-state index contributed by atoms with van der Waals surface area (Å²) < 4.78 is 27.3. The van der Waals surface area contributed by atoms with Gasteiger partial charge in [0.05, 0.1) is 4.90 Å². The normalized spacial score (nSPS) is 11.3. The van der Waals surface area contributed by atoms with Gasteiger partial charge in [0.1, 0.15) is 6.61 Å². The molecular formula is C23H32N4O3S. The first kappa shape index (κ1) is 24.6. The molecule has 0 amide bonds. The second-order valence-corrected chi connectivity index (χ2v) is 9.07. The van der Waals surface area contributed by atoms with Gasteiger partial charge in [-0.1, -0.05) is 31.5 Å². The summed E-state index contributed by atoms with van der Waals surface area (Å²) in [4.78, 5) is 6.88. The van der Waals surface area contributed by atoms with Crippen molar-refractivity contribution < 1.29 is 13.2 Å². The number of fused-ring (bicyclic) bond motifs is 1. The van der Waals surface area contributed by atoms with Crippen molar-refractivity contribution in [2.75, 3.05) is 33.0 Å². The third-order valence-corrected chi connectivity index (χ3v) is 5.46. The lowest BCUT2D eigenvalue weighted by molar-refractivity contribution is 0.256. The summed E-state index contributed by atoms with van der Waals surface area (Å²) in [7, 11) is 0.521. The number of hydrogen-bond acceptors (Lipinski definition) is 6. The lowest BCUT2D eigenvalue weighted by Crippen LogP contribution is -2.19. The molecule has 0 saturated heterocycles. The Morgan fingerprint density at radius 3 is 2.35 bits per heavy atom. The van der Waals surface area contributed by atoms with Gasteiger partial charge >= 0.3 is 0 Å². The zero-order valence-electron chi connectivity index (χ0n) is 18.4. The first-order valence-corrected chi connectivity index (χ1v) is 11.8. The molecule has 168 valence electrons. The van der Waals surface area contributed by atoms with Crippen LogP contribution in [0.15, 0.2) is 59.5 Å². The Balaban J connectivity index is 0.000000262. The van der Waals surface area contributed by atoms with Crippen molar-refractivity contribution in [2.24, 2.45) is 5.14 Å². The van der Waals surface area contributed by atoms with Gasteiger partial charge in [-0.3, -0.25) is 0 Å². The van der Waals surface area contributed by atoms with Gasteiger partial charge in [0, 0.05) is 23.3 Å². The highest BCUT2D eigenvalue weighted by atomic mass is 32.2. The van der Waals surface area contributed by atoms with Crippen molar-refractivity contribution in [3.8, 4) is 5.88 Å². The Kier molecular flexibility index (Phi) is 9.23. The summed E-state index contributed by atoms with van der Waals surface area (Å²) in [5, 5.41) is 7.16. The number of likely N-dealkylation sites (N-methyl/N-ethyl adjacent to an activating group) is 1. The maximum absolute atomic E-state index is 10.7. The molecule has 1 aromatic heterocycles. The zero-order chi connectivity index (χ0) is 22.9. The number of aryl methyl sites for hydroxylation is 1. The van der Waals surface area contributed by atoms with Gasteiger partial charge in [-0.05, 0) is 68.7 Å². The number of pyridine rings is 1. The molecule has 3 rings (SSSR count). The van der Waals surface area contributed by atoms with Gasteiger partial charge in [0.15, 0.2) is 0 Å². The van der Waals surface area contributed by atoms with E-state index in [9.17, 15) is 8.42 Å². The molecule has 0 spiro atoms. The van der Waals surface area contributed by atoms with Crippen LogP contribution in [0.25, 0.3) is 10.8 Å². The number of ether oxygens (including phenoxy) is 1. The number of nitrogens with zero attached hydrogens (tertiary/aromatic N) is 2. The van der Waals surface area contributed by atoms with E-state index in [1.807, 2.05) is 20.2 Å². The number of nitrogens with two attached hydrogens (primary N) is 2. The quantitative estimate of drug-likeness (QED) is 0.515. The smallest absolute Gasteiger partial charge is 0.238 e. The summed E-state index contributed by atoms with van der Waals surface area (Å²) in [5.41, 5.74) is 6.98. The molecule has 0 atom stereocenters. The van der Waals surface area contributed by atoms with Crippen LogP contribution >= 0.6 is 0 Å². The molecule has 0 bridgehead atoms. The van der Waals surface area contributed by atoms with Gasteiger partial charge in [-0.25, -0.2) is 18.5 Å². The molecular weight excluding hydrogens is 412 g/mol. The molecule has 7 nitrogen and oxygen atoms in total. The first-order valence-electron chi connectivity index (χ1n) is 10.2. The fraction of sp³-hybridized carbons (Fsp3) is 0.348. The molecule has 31 heavy (non-hydrogen) atoms. The average molecular weight is 445 g/mol. The van der Waals surface area contributed by atoms with E-state index in [0.717, 1.165) is 29.9 Å². The molecule has 0 unspecified atom stereocenters. The van der Waals surface area contributed by atoms with Crippen LogP contribution < -0.4 is 15.6 Å². The third-order valence-electron chi connectivity index (χ3n) is 4.53. The third kappa shape index (κ3) is 8.16. The van der Waals surface area contributed by atoms with Crippen molar-refractivity contribution in [3.05, 3.63) is 60.3 Å². The molecule has 3 aromatic rings. The van der Waals surface area contributed by atoms with Crippen molar-refractivity contribution in [1.82, 2.24) is 9.88 Å². The number of sulfonamides is 1. The second kappa shape index (κ2) is 11.6. The molecule has 1 heterocycles. The number of nitrogen functional groups attached to an aromatic ring is 1. The standard InChI is InChI=1S/C17H24N2O.C6H8N2O2S/c1-4-5-9-15-13-14-8-6-7-10-16(14)17(18-15)20-12-11-19(2)3;7-5-1-3-6(4-2-5)11(8,9)10/h6-8,10,13H,4-5,9,11-12H2,1-3H3;1-4H,7H2,(H2,8,9,10). The molecule has 8 heteroatoms. The summed E-state index contributed by atoms with van der Waals surface area (Å²) in [5.74, 6) is 0.774. The van der Waals surface area contributed by atoms with E-state index in [1.54, 1.807) is 0 Å². The summed E-state index contributed by atoms with van der Waals surface area (Å²) in [6.45, 7) is 3.77.